The lowest BCUT2D eigenvalue weighted by molar-refractivity contribution is -0.116. The molecule has 0 radical (unpaired) electrons. The number of amides is 1. The number of carbonyl (C=O) groups excluding carboxylic acids is 1. The summed E-state index contributed by atoms with van der Waals surface area (Å²) in [6.45, 7) is 4.41. The molecule has 1 heterocycles. The van der Waals surface area contributed by atoms with Crippen LogP contribution < -0.4 is 10.6 Å². The van der Waals surface area contributed by atoms with E-state index in [1.54, 1.807) is 11.8 Å². The van der Waals surface area contributed by atoms with Crippen LogP contribution in [0.15, 0.2) is 12.1 Å². The van der Waals surface area contributed by atoms with Gasteiger partial charge in [0.1, 0.15) is 5.82 Å². The third-order valence-corrected chi connectivity index (χ3v) is 2.64. The van der Waals surface area contributed by atoms with Gasteiger partial charge in [0.05, 0.1) is 12.1 Å². The molecule has 6 heteroatoms. The van der Waals surface area contributed by atoms with Crippen molar-refractivity contribution in [2.75, 3.05) is 18.0 Å². The topological polar surface area (TPSA) is 96.5 Å². The Morgan fingerprint density at radius 3 is 2.63 bits per heavy atom. The minimum atomic E-state index is -1.01. The van der Waals surface area contributed by atoms with E-state index in [4.69, 9.17) is 10.8 Å². The highest BCUT2D eigenvalue weighted by Crippen LogP contribution is 2.15. The normalized spacial score (nSPS) is 10.2. The van der Waals surface area contributed by atoms with E-state index in [9.17, 15) is 9.59 Å². The first-order valence-electron chi connectivity index (χ1n) is 6.19. The number of hydrogen-bond donors (Lipinski definition) is 2. The molecule has 0 aliphatic carbocycles. The molecule has 0 saturated heterocycles. The van der Waals surface area contributed by atoms with Crippen LogP contribution in [0.25, 0.3) is 0 Å². The van der Waals surface area contributed by atoms with Gasteiger partial charge in [0, 0.05) is 12.2 Å². The lowest BCUT2D eigenvalue weighted by Gasteiger charge is -2.22. The standard InChI is InChI=1S/C13H19N3O3/c1-3-4-5-16(8-11(14)17)12-7-10(13(18)19)6-9(2)15-12/h6-7H,3-5,8H2,1-2H3,(H2,14,17)(H,18,19). The van der Waals surface area contributed by atoms with E-state index in [1.807, 2.05) is 6.92 Å². The first kappa shape index (κ1) is 14.9. The van der Waals surface area contributed by atoms with Crippen LogP contribution >= 0.6 is 0 Å². The molecule has 1 rings (SSSR count). The fourth-order valence-electron chi connectivity index (χ4n) is 1.75. The second-order valence-electron chi connectivity index (χ2n) is 4.40. The molecule has 0 fully saturated rings. The molecule has 1 aromatic heterocycles. The minimum absolute atomic E-state index is 0.0372. The molecule has 0 unspecified atom stereocenters. The van der Waals surface area contributed by atoms with Crippen LogP contribution in [-0.2, 0) is 4.79 Å². The summed E-state index contributed by atoms with van der Waals surface area (Å²) >= 11 is 0. The first-order chi connectivity index (χ1) is 8.93. The Kier molecular flexibility index (Phi) is 5.29. The molecule has 104 valence electrons. The van der Waals surface area contributed by atoms with Crippen molar-refractivity contribution in [2.45, 2.75) is 26.7 Å². The number of rotatable bonds is 7. The number of primary amides is 1. The molecule has 0 saturated carbocycles. The van der Waals surface area contributed by atoms with Crippen molar-refractivity contribution in [2.24, 2.45) is 5.73 Å². The summed E-state index contributed by atoms with van der Waals surface area (Å²) in [5, 5.41) is 9.04. The Morgan fingerprint density at radius 2 is 2.11 bits per heavy atom. The van der Waals surface area contributed by atoms with Crippen molar-refractivity contribution >= 4 is 17.7 Å². The number of pyridine rings is 1. The molecule has 0 aliphatic rings. The number of anilines is 1. The fourth-order valence-corrected chi connectivity index (χ4v) is 1.75. The number of carboxylic acids is 1. The van der Waals surface area contributed by atoms with Crippen molar-refractivity contribution in [3.8, 4) is 0 Å². The summed E-state index contributed by atoms with van der Waals surface area (Å²) in [5.41, 5.74) is 5.97. The zero-order chi connectivity index (χ0) is 14.4. The van der Waals surface area contributed by atoms with Crippen LogP contribution in [0.4, 0.5) is 5.82 Å². The van der Waals surface area contributed by atoms with Crippen molar-refractivity contribution < 1.29 is 14.7 Å². The Labute approximate surface area is 112 Å². The van der Waals surface area contributed by atoms with Gasteiger partial charge in [-0.3, -0.25) is 4.79 Å². The van der Waals surface area contributed by atoms with Gasteiger partial charge in [0.15, 0.2) is 0 Å². The number of carboxylic acid groups (broad SMARTS) is 1. The molecule has 1 amide bonds. The molecule has 0 bridgehead atoms. The molecule has 1 aromatic rings. The smallest absolute Gasteiger partial charge is 0.335 e. The number of aryl methyl sites for hydroxylation is 1. The van der Waals surface area contributed by atoms with Crippen molar-refractivity contribution in [3.05, 3.63) is 23.4 Å². The third-order valence-electron chi connectivity index (χ3n) is 2.64. The van der Waals surface area contributed by atoms with E-state index in [0.717, 1.165) is 12.8 Å². The van der Waals surface area contributed by atoms with Gasteiger partial charge in [0.2, 0.25) is 5.91 Å². The molecule has 0 atom stereocenters. The molecule has 19 heavy (non-hydrogen) atoms. The Morgan fingerprint density at radius 1 is 1.42 bits per heavy atom. The second kappa shape index (κ2) is 6.72. The highest BCUT2D eigenvalue weighted by Gasteiger charge is 2.14. The fraction of sp³-hybridized carbons (Fsp3) is 0.462. The maximum Gasteiger partial charge on any atom is 0.335 e. The average Bonchev–Trinajstić information content (AvgIpc) is 2.33. The monoisotopic (exact) mass is 265 g/mol. The number of nitrogens with zero attached hydrogens (tertiary/aromatic N) is 2. The molecule has 0 spiro atoms. The van der Waals surface area contributed by atoms with Gasteiger partial charge in [-0.15, -0.1) is 0 Å². The van der Waals surface area contributed by atoms with E-state index < -0.39 is 11.9 Å². The number of unbranched alkanes of at least 4 members (excludes halogenated alkanes) is 1. The van der Waals surface area contributed by atoms with Crippen molar-refractivity contribution in [1.29, 1.82) is 0 Å². The van der Waals surface area contributed by atoms with E-state index in [-0.39, 0.29) is 12.1 Å². The van der Waals surface area contributed by atoms with E-state index >= 15 is 0 Å². The maximum absolute atomic E-state index is 11.1. The molecular weight excluding hydrogens is 246 g/mol. The van der Waals surface area contributed by atoms with Crippen LogP contribution in [-0.4, -0.2) is 35.1 Å². The summed E-state index contributed by atoms with van der Waals surface area (Å²) < 4.78 is 0. The van der Waals surface area contributed by atoms with Crippen molar-refractivity contribution in [1.82, 2.24) is 4.98 Å². The van der Waals surface area contributed by atoms with Crippen molar-refractivity contribution in [3.63, 3.8) is 0 Å². The van der Waals surface area contributed by atoms with Crippen LogP contribution in [0.5, 0.6) is 0 Å². The van der Waals surface area contributed by atoms with Gasteiger partial charge in [-0.2, -0.15) is 0 Å². The summed E-state index contributed by atoms with van der Waals surface area (Å²) in [6.07, 6.45) is 1.85. The van der Waals surface area contributed by atoms with Crippen LogP contribution in [0.1, 0.15) is 35.8 Å². The van der Waals surface area contributed by atoms with Gasteiger partial charge < -0.3 is 15.7 Å². The molecule has 0 aromatic carbocycles. The maximum atomic E-state index is 11.1. The zero-order valence-electron chi connectivity index (χ0n) is 11.2. The zero-order valence-corrected chi connectivity index (χ0v) is 11.2. The number of nitrogens with two attached hydrogens (primary N) is 1. The quantitative estimate of drug-likeness (QED) is 0.771. The Balaban J connectivity index is 3.05. The Bertz CT molecular complexity index is 474. The predicted molar refractivity (Wildman–Crippen MR) is 72.2 cm³/mol. The number of carbonyl (C=O) groups is 2. The molecular formula is C13H19N3O3. The van der Waals surface area contributed by atoms with Gasteiger partial charge in [-0.05, 0) is 25.5 Å². The van der Waals surface area contributed by atoms with Gasteiger partial charge in [0.25, 0.3) is 0 Å². The highest BCUT2D eigenvalue weighted by atomic mass is 16.4. The van der Waals surface area contributed by atoms with E-state index in [1.165, 1.54) is 12.1 Å². The molecule has 3 N–H and O–H groups in total. The number of aromatic carboxylic acids is 1. The van der Waals surface area contributed by atoms with E-state index in [2.05, 4.69) is 4.98 Å². The van der Waals surface area contributed by atoms with Crippen LogP contribution in [0.2, 0.25) is 0 Å². The summed E-state index contributed by atoms with van der Waals surface area (Å²) in [5.74, 6) is -0.998. The van der Waals surface area contributed by atoms with Gasteiger partial charge in [-0.25, -0.2) is 9.78 Å². The number of hydrogen-bond acceptors (Lipinski definition) is 4. The lowest BCUT2D eigenvalue weighted by Crippen LogP contribution is -2.35. The SMILES string of the molecule is CCCCN(CC(N)=O)c1cc(C(=O)O)cc(C)n1. The second-order valence-corrected chi connectivity index (χ2v) is 4.40. The predicted octanol–water partition coefficient (Wildman–Crippen LogP) is 1.18. The summed E-state index contributed by atoms with van der Waals surface area (Å²) in [7, 11) is 0. The first-order valence-corrected chi connectivity index (χ1v) is 6.19. The van der Waals surface area contributed by atoms with E-state index in [0.29, 0.717) is 18.1 Å². The van der Waals surface area contributed by atoms with Crippen LogP contribution in [0, 0.1) is 6.92 Å². The largest absolute Gasteiger partial charge is 0.478 e. The summed E-state index contributed by atoms with van der Waals surface area (Å²) in [6, 6.07) is 2.96. The highest BCUT2D eigenvalue weighted by molar-refractivity contribution is 5.89. The molecule has 0 aliphatic heterocycles. The minimum Gasteiger partial charge on any atom is -0.478 e. The third kappa shape index (κ3) is 4.57. The number of aromatic nitrogens is 1. The summed E-state index contributed by atoms with van der Waals surface area (Å²) in [4.78, 5) is 28.1. The average molecular weight is 265 g/mol. The Hall–Kier alpha value is -2.11. The lowest BCUT2D eigenvalue weighted by atomic mass is 10.2. The van der Waals surface area contributed by atoms with Gasteiger partial charge >= 0.3 is 5.97 Å². The van der Waals surface area contributed by atoms with Gasteiger partial charge in [-0.1, -0.05) is 13.3 Å². The molecule has 6 nitrogen and oxygen atoms in total. The van der Waals surface area contributed by atoms with Crippen LogP contribution in [0.3, 0.4) is 0 Å².